The van der Waals surface area contributed by atoms with Gasteiger partial charge in [-0.15, -0.1) is 11.8 Å². The summed E-state index contributed by atoms with van der Waals surface area (Å²) < 4.78 is 5.05. The van der Waals surface area contributed by atoms with Crippen LogP contribution in [0.4, 0.5) is 0 Å². The molecular formula is C23H35NO4. The van der Waals surface area contributed by atoms with Crippen molar-refractivity contribution >= 4 is 5.97 Å². The Morgan fingerprint density at radius 2 is 2.11 bits per heavy atom. The van der Waals surface area contributed by atoms with Crippen molar-refractivity contribution in [2.24, 2.45) is 17.3 Å². The van der Waals surface area contributed by atoms with Crippen LogP contribution < -0.4 is 0 Å². The second-order valence-corrected chi connectivity index (χ2v) is 9.34. The van der Waals surface area contributed by atoms with E-state index in [4.69, 9.17) is 4.74 Å². The highest BCUT2D eigenvalue weighted by Gasteiger charge is 2.55. The molecule has 0 radical (unpaired) electrons. The molecule has 2 heterocycles. The Bertz CT molecular complexity index is 661. The normalized spacial score (nSPS) is 36.5. The number of esters is 1. The molecule has 28 heavy (non-hydrogen) atoms. The molecule has 5 heteroatoms. The van der Waals surface area contributed by atoms with Gasteiger partial charge in [-0.05, 0) is 44.9 Å². The van der Waals surface area contributed by atoms with Crippen LogP contribution >= 0.6 is 0 Å². The fraction of sp³-hybridized carbons (Fsp3) is 0.783. The Balaban J connectivity index is 1.73. The first-order chi connectivity index (χ1) is 13.3. The highest BCUT2D eigenvalue weighted by molar-refractivity contribution is 5.76. The molecule has 3 rings (SSSR count). The first-order valence-corrected chi connectivity index (χ1v) is 10.6. The number of carbonyl (C=O) groups is 1. The summed E-state index contributed by atoms with van der Waals surface area (Å²) in [7, 11) is 1.46. The topological polar surface area (TPSA) is 70.0 Å². The average molecular weight is 390 g/mol. The number of rotatable bonds is 5. The maximum Gasteiger partial charge on any atom is 0.323 e. The van der Waals surface area contributed by atoms with Crippen LogP contribution in [-0.2, 0) is 9.53 Å². The lowest BCUT2D eigenvalue weighted by molar-refractivity contribution is -0.150. The molecule has 3 unspecified atom stereocenters. The van der Waals surface area contributed by atoms with Crippen molar-refractivity contribution in [2.45, 2.75) is 89.6 Å². The highest BCUT2D eigenvalue weighted by Crippen LogP contribution is 2.49. The molecule has 3 aliphatic rings. The molecule has 0 amide bonds. The van der Waals surface area contributed by atoms with Crippen LogP contribution in [0.15, 0.2) is 12.2 Å². The molecule has 2 saturated heterocycles. The number of aliphatic hydroxyl groups is 2. The number of fused-ring (bicyclic) bond motifs is 3. The van der Waals surface area contributed by atoms with E-state index in [0.29, 0.717) is 24.8 Å². The highest BCUT2D eigenvalue weighted by atomic mass is 16.5. The lowest BCUT2D eigenvalue weighted by Crippen LogP contribution is -2.51. The maximum absolute atomic E-state index is 12.3. The number of piperidine rings is 1. The predicted molar refractivity (Wildman–Crippen MR) is 108 cm³/mol. The maximum atomic E-state index is 12.3. The van der Waals surface area contributed by atoms with Gasteiger partial charge in [0.1, 0.15) is 6.04 Å². The third kappa shape index (κ3) is 4.01. The van der Waals surface area contributed by atoms with Gasteiger partial charge in [0.25, 0.3) is 0 Å². The van der Waals surface area contributed by atoms with E-state index in [1.54, 1.807) is 0 Å². The molecule has 5 nitrogen and oxygen atoms in total. The summed E-state index contributed by atoms with van der Waals surface area (Å²) in [4.78, 5) is 14.6. The molecule has 156 valence electrons. The third-order valence-corrected chi connectivity index (χ3v) is 7.15. The SMILES string of the molecule is CC#CCC(C)(C)[C@H](O)C=C[C@H]1[C@H](O)CC2[C@@H]1CC1CCCC(C(=O)OC)N12. The van der Waals surface area contributed by atoms with Crippen molar-refractivity contribution in [3.05, 3.63) is 12.2 Å². The second kappa shape index (κ2) is 8.57. The fourth-order valence-corrected chi connectivity index (χ4v) is 5.49. The van der Waals surface area contributed by atoms with Crippen LogP contribution in [0.25, 0.3) is 0 Å². The number of aliphatic hydroxyl groups excluding tert-OH is 2. The molecular weight excluding hydrogens is 354 g/mol. The van der Waals surface area contributed by atoms with Crippen LogP contribution in [0.1, 0.15) is 59.3 Å². The monoisotopic (exact) mass is 389 g/mol. The Morgan fingerprint density at radius 1 is 1.36 bits per heavy atom. The summed E-state index contributed by atoms with van der Waals surface area (Å²) in [5, 5.41) is 21.4. The standard InChI is InChI=1S/C23H35NO4/c1-5-6-12-23(2,3)21(26)11-10-16-17-13-15-8-7-9-18(22(27)28-4)24(15)19(17)14-20(16)25/h10-11,15-21,25-26H,7-9,12-14H2,1-4H3/t15?,16-,17-,18?,19?,20-,21-/m1/s1. The zero-order valence-electron chi connectivity index (χ0n) is 17.6. The summed E-state index contributed by atoms with van der Waals surface area (Å²) in [6, 6.07) is 0.443. The molecule has 1 aliphatic carbocycles. The molecule has 1 saturated carbocycles. The smallest absolute Gasteiger partial charge is 0.323 e. The number of carbonyl (C=O) groups excluding carboxylic acids is 1. The Kier molecular flexibility index (Phi) is 6.54. The minimum absolute atomic E-state index is 0.0246. The van der Waals surface area contributed by atoms with Crippen LogP contribution in [0, 0.1) is 29.1 Å². The van der Waals surface area contributed by atoms with Crippen LogP contribution in [0.2, 0.25) is 0 Å². The lowest BCUT2D eigenvalue weighted by atomic mass is 9.82. The van der Waals surface area contributed by atoms with Gasteiger partial charge in [-0.1, -0.05) is 26.0 Å². The summed E-state index contributed by atoms with van der Waals surface area (Å²) in [5.41, 5.74) is -0.328. The number of nitrogens with zero attached hydrogens (tertiary/aromatic N) is 1. The van der Waals surface area contributed by atoms with Gasteiger partial charge in [0.05, 0.1) is 19.3 Å². The van der Waals surface area contributed by atoms with Crippen molar-refractivity contribution in [1.29, 1.82) is 0 Å². The summed E-state index contributed by atoms with van der Waals surface area (Å²) >= 11 is 0. The van der Waals surface area contributed by atoms with Crippen molar-refractivity contribution in [2.75, 3.05) is 7.11 Å². The van der Waals surface area contributed by atoms with Gasteiger partial charge in [0.2, 0.25) is 0 Å². The van der Waals surface area contributed by atoms with Gasteiger partial charge < -0.3 is 14.9 Å². The zero-order valence-corrected chi connectivity index (χ0v) is 17.6. The van der Waals surface area contributed by atoms with Crippen molar-refractivity contribution in [3.8, 4) is 11.8 Å². The first-order valence-electron chi connectivity index (χ1n) is 10.6. The van der Waals surface area contributed by atoms with E-state index in [-0.39, 0.29) is 29.4 Å². The Morgan fingerprint density at radius 3 is 2.79 bits per heavy atom. The summed E-state index contributed by atoms with van der Waals surface area (Å²) in [6.07, 6.45) is 8.15. The average Bonchev–Trinajstić information content (AvgIpc) is 3.18. The van der Waals surface area contributed by atoms with Gasteiger partial charge in [0, 0.05) is 29.8 Å². The molecule has 0 aromatic rings. The third-order valence-electron chi connectivity index (χ3n) is 7.15. The van der Waals surface area contributed by atoms with Gasteiger partial charge in [-0.2, -0.15) is 0 Å². The number of hydrogen-bond donors (Lipinski definition) is 2. The molecule has 7 atom stereocenters. The van der Waals surface area contributed by atoms with Crippen molar-refractivity contribution in [3.63, 3.8) is 0 Å². The van der Waals surface area contributed by atoms with E-state index in [0.717, 1.165) is 25.7 Å². The van der Waals surface area contributed by atoms with E-state index in [9.17, 15) is 15.0 Å². The minimum Gasteiger partial charge on any atom is -0.468 e. The van der Waals surface area contributed by atoms with Crippen molar-refractivity contribution < 1.29 is 19.7 Å². The predicted octanol–water partition coefficient (Wildman–Crippen LogP) is 2.51. The van der Waals surface area contributed by atoms with Gasteiger partial charge >= 0.3 is 5.97 Å². The molecule has 2 N–H and O–H groups in total. The molecule has 0 bridgehead atoms. The largest absolute Gasteiger partial charge is 0.468 e. The summed E-state index contributed by atoms with van der Waals surface area (Å²) in [5.74, 6) is 6.15. The van der Waals surface area contributed by atoms with E-state index >= 15 is 0 Å². The van der Waals surface area contributed by atoms with E-state index in [1.807, 2.05) is 32.9 Å². The molecule has 0 aromatic heterocycles. The lowest BCUT2D eigenvalue weighted by Gasteiger charge is -2.39. The van der Waals surface area contributed by atoms with Crippen molar-refractivity contribution in [1.82, 2.24) is 4.90 Å². The molecule has 0 aromatic carbocycles. The van der Waals surface area contributed by atoms with E-state index in [1.165, 1.54) is 7.11 Å². The van der Waals surface area contributed by atoms with Crippen LogP contribution in [-0.4, -0.2) is 58.5 Å². The van der Waals surface area contributed by atoms with E-state index < -0.39 is 12.2 Å². The van der Waals surface area contributed by atoms with Gasteiger partial charge in [-0.25, -0.2) is 0 Å². The zero-order chi connectivity index (χ0) is 20.5. The second-order valence-electron chi connectivity index (χ2n) is 9.34. The quantitative estimate of drug-likeness (QED) is 0.430. The Hall–Kier alpha value is -1.35. The molecule has 3 fully saturated rings. The first kappa shape index (κ1) is 21.4. The number of ether oxygens (including phenoxy) is 1. The van der Waals surface area contributed by atoms with Gasteiger partial charge in [0.15, 0.2) is 0 Å². The van der Waals surface area contributed by atoms with E-state index in [2.05, 4.69) is 16.7 Å². The summed E-state index contributed by atoms with van der Waals surface area (Å²) in [6.45, 7) is 5.83. The minimum atomic E-state index is -0.605. The van der Waals surface area contributed by atoms with Crippen LogP contribution in [0.3, 0.4) is 0 Å². The number of hydrogen-bond acceptors (Lipinski definition) is 5. The fourth-order valence-electron chi connectivity index (χ4n) is 5.49. The van der Waals surface area contributed by atoms with Gasteiger partial charge in [-0.3, -0.25) is 9.69 Å². The molecule has 0 spiro atoms. The molecule has 2 aliphatic heterocycles. The Labute approximate surface area is 169 Å². The number of methoxy groups -OCH3 is 1. The van der Waals surface area contributed by atoms with Crippen LogP contribution in [0.5, 0.6) is 0 Å².